The van der Waals surface area contributed by atoms with Gasteiger partial charge in [-0.3, -0.25) is 0 Å². The molecule has 2 rings (SSSR count). The predicted molar refractivity (Wildman–Crippen MR) is 62.8 cm³/mol. The second-order valence-electron chi connectivity index (χ2n) is 3.91. The molecule has 1 N–H and O–H groups in total. The Kier molecular flexibility index (Phi) is 3.28. The molecule has 2 aromatic rings. The third-order valence-electron chi connectivity index (χ3n) is 2.37. The summed E-state index contributed by atoms with van der Waals surface area (Å²) in [6, 6.07) is 5.41. The van der Waals surface area contributed by atoms with Crippen LogP contribution in [0.1, 0.15) is 11.3 Å². The smallest absolute Gasteiger partial charge is 0.306 e. The number of aryl methyl sites for hydroxylation is 1. The number of nitrogens with zero attached hydrogens (tertiary/aromatic N) is 2. The quantitative estimate of drug-likeness (QED) is 0.863. The lowest BCUT2D eigenvalue weighted by Crippen LogP contribution is -2.20. The van der Waals surface area contributed by atoms with Crippen molar-refractivity contribution in [3.8, 4) is 0 Å². The number of rotatable bonds is 1. The van der Waals surface area contributed by atoms with Crippen LogP contribution in [0.3, 0.4) is 0 Å². The summed E-state index contributed by atoms with van der Waals surface area (Å²) in [5.41, 5.74) is -0.117. The summed E-state index contributed by atoms with van der Waals surface area (Å²) in [5, 5.41) is 6.21. The fourth-order valence-electron chi connectivity index (χ4n) is 1.48. The monoisotopic (exact) mass is 269 g/mol. The minimum absolute atomic E-state index is 0.0629. The molecule has 1 aromatic carbocycles. The molecule has 7 heteroatoms. The van der Waals surface area contributed by atoms with Gasteiger partial charge in [-0.15, -0.1) is 0 Å². The molecule has 19 heavy (non-hydrogen) atoms. The van der Waals surface area contributed by atoms with E-state index < -0.39 is 17.8 Å². The number of nitrogens with one attached hydrogen (secondary N) is 1. The fraction of sp³-hybridized carbons (Fsp3) is 0.167. The Balaban J connectivity index is 2.18. The number of hydrogen-bond acceptors (Lipinski definition) is 2. The zero-order valence-corrected chi connectivity index (χ0v) is 9.90. The van der Waals surface area contributed by atoms with E-state index in [1.54, 1.807) is 13.0 Å². The Hall–Kier alpha value is -2.31. The SMILES string of the molecule is Cc1ccn(C(=O)Nc2cccc(C(F)(F)F)c2)n1. The molecule has 0 bridgehead atoms. The summed E-state index contributed by atoms with van der Waals surface area (Å²) >= 11 is 0. The molecule has 1 heterocycles. The van der Waals surface area contributed by atoms with Gasteiger partial charge in [-0.05, 0) is 31.2 Å². The van der Waals surface area contributed by atoms with Gasteiger partial charge in [-0.25, -0.2) is 4.79 Å². The van der Waals surface area contributed by atoms with Crippen LogP contribution in [0.4, 0.5) is 23.7 Å². The molecule has 4 nitrogen and oxygen atoms in total. The molecule has 0 aliphatic rings. The summed E-state index contributed by atoms with van der Waals surface area (Å²) < 4.78 is 38.5. The highest BCUT2D eigenvalue weighted by Crippen LogP contribution is 2.30. The van der Waals surface area contributed by atoms with Crippen LogP contribution in [0.15, 0.2) is 36.5 Å². The topological polar surface area (TPSA) is 46.9 Å². The Morgan fingerprint density at radius 1 is 1.32 bits per heavy atom. The van der Waals surface area contributed by atoms with E-state index in [-0.39, 0.29) is 5.69 Å². The van der Waals surface area contributed by atoms with Crippen LogP contribution < -0.4 is 5.32 Å². The number of alkyl halides is 3. The highest BCUT2D eigenvalue weighted by molar-refractivity contribution is 5.90. The summed E-state index contributed by atoms with van der Waals surface area (Å²) in [7, 11) is 0. The average molecular weight is 269 g/mol. The number of anilines is 1. The first kappa shape index (κ1) is 13.1. The summed E-state index contributed by atoms with van der Waals surface area (Å²) in [5.74, 6) is 0. The molecule has 0 saturated heterocycles. The zero-order chi connectivity index (χ0) is 14.0. The molecule has 0 fully saturated rings. The lowest BCUT2D eigenvalue weighted by molar-refractivity contribution is -0.137. The van der Waals surface area contributed by atoms with Gasteiger partial charge in [-0.1, -0.05) is 6.07 Å². The minimum atomic E-state index is -4.44. The molecule has 0 radical (unpaired) electrons. The number of carbonyl (C=O) groups is 1. The maximum absolute atomic E-state index is 12.5. The second-order valence-corrected chi connectivity index (χ2v) is 3.91. The van der Waals surface area contributed by atoms with E-state index in [4.69, 9.17) is 0 Å². The van der Waals surface area contributed by atoms with E-state index in [9.17, 15) is 18.0 Å². The first-order valence-electron chi connectivity index (χ1n) is 5.37. The Bertz CT molecular complexity index is 604. The van der Waals surface area contributed by atoms with Crippen LogP contribution in [0.25, 0.3) is 0 Å². The third-order valence-corrected chi connectivity index (χ3v) is 2.37. The molecule has 0 aliphatic heterocycles. The van der Waals surface area contributed by atoms with Crippen molar-refractivity contribution < 1.29 is 18.0 Å². The van der Waals surface area contributed by atoms with Crippen LogP contribution >= 0.6 is 0 Å². The maximum Gasteiger partial charge on any atom is 0.416 e. The van der Waals surface area contributed by atoms with E-state index in [0.29, 0.717) is 5.69 Å². The van der Waals surface area contributed by atoms with Gasteiger partial charge in [0.1, 0.15) is 0 Å². The Morgan fingerprint density at radius 2 is 2.05 bits per heavy atom. The predicted octanol–water partition coefficient (Wildman–Crippen LogP) is 3.29. The molecule has 0 atom stereocenters. The molecule has 1 amide bonds. The Morgan fingerprint density at radius 3 is 2.63 bits per heavy atom. The van der Waals surface area contributed by atoms with Crippen LogP contribution in [-0.4, -0.2) is 15.8 Å². The lowest BCUT2D eigenvalue weighted by Gasteiger charge is -2.09. The second kappa shape index (κ2) is 4.75. The van der Waals surface area contributed by atoms with E-state index in [0.717, 1.165) is 16.8 Å². The van der Waals surface area contributed by atoms with Gasteiger partial charge < -0.3 is 5.32 Å². The molecular weight excluding hydrogens is 259 g/mol. The molecule has 0 spiro atoms. The first-order valence-corrected chi connectivity index (χ1v) is 5.37. The molecule has 0 aliphatic carbocycles. The normalized spacial score (nSPS) is 11.4. The molecule has 0 saturated carbocycles. The largest absolute Gasteiger partial charge is 0.416 e. The van der Waals surface area contributed by atoms with Crippen molar-refractivity contribution in [3.63, 3.8) is 0 Å². The highest BCUT2D eigenvalue weighted by Gasteiger charge is 2.30. The molecule has 0 unspecified atom stereocenters. The van der Waals surface area contributed by atoms with Crippen molar-refractivity contribution in [2.45, 2.75) is 13.1 Å². The van der Waals surface area contributed by atoms with Crippen LogP contribution in [0, 0.1) is 6.92 Å². The van der Waals surface area contributed by atoms with Gasteiger partial charge in [-0.2, -0.15) is 23.0 Å². The van der Waals surface area contributed by atoms with Gasteiger partial charge in [0.15, 0.2) is 0 Å². The standard InChI is InChI=1S/C12H10F3N3O/c1-8-5-6-18(17-8)11(19)16-10-4-2-3-9(7-10)12(13,14)15/h2-7H,1H3,(H,16,19). The summed E-state index contributed by atoms with van der Waals surface area (Å²) in [6.45, 7) is 1.70. The van der Waals surface area contributed by atoms with E-state index in [1.807, 2.05) is 0 Å². The van der Waals surface area contributed by atoms with Crippen molar-refractivity contribution in [2.75, 3.05) is 5.32 Å². The number of amides is 1. The first-order chi connectivity index (χ1) is 8.86. The molecule has 100 valence electrons. The fourth-order valence-corrected chi connectivity index (χ4v) is 1.48. The van der Waals surface area contributed by atoms with E-state index in [2.05, 4.69) is 10.4 Å². The highest BCUT2D eigenvalue weighted by atomic mass is 19.4. The van der Waals surface area contributed by atoms with Crippen molar-refractivity contribution in [3.05, 3.63) is 47.8 Å². The van der Waals surface area contributed by atoms with Crippen LogP contribution in [-0.2, 0) is 6.18 Å². The van der Waals surface area contributed by atoms with Gasteiger partial charge in [0.05, 0.1) is 11.3 Å². The summed E-state index contributed by atoms with van der Waals surface area (Å²) in [4.78, 5) is 11.7. The molecule has 1 aromatic heterocycles. The average Bonchev–Trinajstić information content (AvgIpc) is 2.75. The maximum atomic E-state index is 12.5. The van der Waals surface area contributed by atoms with E-state index in [1.165, 1.54) is 18.3 Å². The number of hydrogen-bond donors (Lipinski definition) is 1. The summed E-state index contributed by atoms with van der Waals surface area (Å²) in [6.07, 6.45) is -3.01. The van der Waals surface area contributed by atoms with Gasteiger partial charge in [0.25, 0.3) is 0 Å². The van der Waals surface area contributed by atoms with Gasteiger partial charge in [0, 0.05) is 11.9 Å². The van der Waals surface area contributed by atoms with Crippen molar-refractivity contribution >= 4 is 11.7 Å². The van der Waals surface area contributed by atoms with Gasteiger partial charge >= 0.3 is 12.2 Å². The zero-order valence-electron chi connectivity index (χ0n) is 9.90. The van der Waals surface area contributed by atoms with Crippen LogP contribution in [0.5, 0.6) is 0 Å². The lowest BCUT2D eigenvalue weighted by atomic mass is 10.2. The van der Waals surface area contributed by atoms with E-state index >= 15 is 0 Å². The minimum Gasteiger partial charge on any atom is -0.306 e. The number of carbonyl (C=O) groups excluding carboxylic acids is 1. The van der Waals surface area contributed by atoms with Crippen molar-refractivity contribution in [1.82, 2.24) is 9.78 Å². The van der Waals surface area contributed by atoms with Crippen molar-refractivity contribution in [1.29, 1.82) is 0 Å². The van der Waals surface area contributed by atoms with Crippen molar-refractivity contribution in [2.24, 2.45) is 0 Å². The number of halogens is 3. The van der Waals surface area contributed by atoms with Gasteiger partial charge in [0.2, 0.25) is 0 Å². The Labute approximate surface area is 106 Å². The number of aromatic nitrogens is 2. The number of benzene rings is 1. The third kappa shape index (κ3) is 3.12. The molecular formula is C12H10F3N3O. The van der Waals surface area contributed by atoms with Crippen LogP contribution in [0.2, 0.25) is 0 Å².